The number of nitrogens with one attached hydrogen (secondary N) is 1. The van der Waals surface area contributed by atoms with Crippen LogP contribution in [0.25, 0.3) is 0 Å². The molecule has 2 amide bonds. The molecule has 2 saturated heterocycles. The molecule has 1 unspecified atom stereocenters. The maximum Gasteiger partial charge on any atom is 0.410 e. The number of sulfone groups is 1. The van der Waals surface area contributed by atoms with Crippen LogP contribution in [0.2, 0.25) is 5.02 Å². The van der Waals surface area contributed by atoms with E-state index in [0.29, 0.717) is 25.0 Å². The summed E-state index contributed by atoms with van der Waals surface area (Å²) in [5, 5.41) is 1.30. The van der Waals surface area contributed by atoms with Crippen molar-refractivity contribution < 1.29 is 35.9 Å². The molecule has 2 aliphatic heterocycles. The highest BCUT2D eigenvalue weighted by Crippen LogP contribution is 2.41. The van der Waals surface area contributed by atoms with E-state index in [1.165, 1.54) is 12.1 Å². The first kappa shape index (κ1) is 27.3. The topological polar surface area (TPSA) is 92.8 Å². The number of ether oxygens (including phenoxy) is 1. The van der Waals surface area contributed by atoms with Crippen LogP contribution in [0, 0.1) is 17.5 Å². The molecule has 0 spiro atoms. The van der Waals surface area contributed by atoms with Gasteiger partial charge in [-0.3, -0.25) is 4.79 Å². The van der Waals surface area contributed by atoms with Crippen molar-refractivity contribution in [3.8, 4) is 0 Å². The number of carbonyl (C=O) groups excluding carboxylic acids is 2. The lowest BCUT2D eigenvalue weighted by Crippen LogP contribution is -2.51. The lowest BCUT2D eigenvalue weighted by molar-refractivity contribution is 0.00812. The van der Waals surface area contributed by atoms with E-state index in [0.717, 1.165) is 6.07 Å². The van der Waals surface area contributed by atoms with E-state index in [1.54, 1.807) is 25.7 Å². The van der Waals surface area contributed by atoms with Gasteiger partial charge < -0.3 is 15.0 Å². The third-order valence-corrected chi connectivity index (χ3v) is 9.13. The van der Waals surface area contributed by atoms with Gasteiger partial charge in [-0.25, -0.2) is 26.4 Å². The van der Waals surface area contributed by atoms with Crippen molar-refractivity contribution in [2.24, 2.45) is 0 Å². The standard InChI is InChI=1S/C25H26ClF3N2O5S/c1-25(2,3)36-24(33)31-15-5-6-16(31)12-17(11-15)37(34,35)21-8-13(4-7-18(21)26)23(32)30-14-9-19(27)22(29)20(28)10-14/h4,7-10,15-17H,5-6,11-12H2,1-3H3,(H,30,32)/t15-,16?,17+/m0/s1. The smallest absolute Gasteiger partial charge is 0.410 e. The van der Waals surface area contributed by atoms with Gasteiger partial charge in [0.15, 0.2) is 27.3 Å². The Bertz CT molecular complexity index is 1330. The predicted octanol–water partition coefficient (Wildman–Crippen LogP) is 5.71. The summed E-state index contributed by atoms with van der Waals surface area (Å²) < 4.78 is 72.9. The van der Waals surface area contributed by atoms with Gasteiger partial charge in [-0.05, 0) is 64.7 Å². The van der Waals surface area contributed by atoms with Crippen molar-refractivity contribution in [2.75, 3.05) is 5.32 Å². The van der Waals surface area contributed by atoms with Crippen LogP contribution in [0.5, 0.6) is 0 Å². The number of halogens is 4. The normalized spacial score (nSPS) is 21.6. The van der Waals surface area contributed by atoms with Crippen molar-refractivity contribution in [2.45, 2.75) is 74.3 Å². The van der Waals surface area contributed by atoms with E-state index in [4.69, 9.17) is 16.3 Å². The fourth-order valence-electron chi connectivity index (χ4n) is 4.87. The molecule has 4 rings (SSSR count). The zero-order valence-electron chi connectivity index (χ0n) is 20.4. The van der Waals surface area contributed by atoms with Crippen LogP contribution >= 0.6 is 11.6 Å². The summed E-state index contributed by atoms with van der Waals surface area (Å²) in [6.45, 7) is 5.29. The van der Waals surface area contributed by atoms with Gasteiger partial charge in [0.2, 0.25) is 0 Å². The van der Waals surface area contributed by atoms with Crippen molar-refractivity contribution in [3.05, 3.63) is 58.4 Å². The van der Waals surface area contributed by atoms with E-state index in [-0.39, 0.29) is 46.1 Å². The maximum absolute atomic E-state index is 13.6. The number of piperidine rings is 1. The summed E-state index contributed by atoms with van der Waals surface area (Å²) in [6.07, 6.45) is 1.22. The number of hydrogen-bond donors (Lipinski definition) is 1. The second kappa shape index (κ2) is 9.83. The minimum absolute atomic E-state index is 0.0858. The quantitative estimate of drug-likeness (QED) is 0.485. The molecule has 2 bridgehead atoms. The Balaban J connectivity index is 1.55. The molecule has 0 aliphatic carbocycles. The first-order valence-corrected chi connectivity index (χ1v) is 13.6. The summed E-state index contributed by atoms with van der Waals surface area (Å²) in [7, 11) is -4.01. The van der Waals surface area contributed by atoms with Crippen LogP contribution in [0.15, 0.2) is 35.2 Å². The number of nitrogens with zero attached hydrogens (tertiary/aromatic N) is 1. The molecule has 3 atom stereocenters. The Morgan fingerprint density at radius 1 is 1.03 bits per heavy atom. The number of amides is 2. The molecule has 0 saturated carbocycles. The molecule has 2 fully saturated rings. The first-order chi connectivity index (χ1) is 17.2. The second-order valence-electron chi connectivity index (χ2n) is 10.3. The van der Waals surface area contributed by atoms with Gasteiger partial charge in [-0.2, -0.15) is 0 Å². The average molecular weight is 559 g/mol. The summed E-state index contributed by atoms with van der Waals surface area (Å²) in [5.41, 5.74) is -1.14. The molecule has 200 valence electrons. The van der Waals surface area contributed by atoms with Gasteiger partial charge in [0, 0.05) is 35.5 Å². The van der Waals surface area contributed by atoms with E-state index in [9.17, 15) is 31.2 Å². The van der Waals surface area contributed by atoms with Crippen LogP contribution in [-0.4, -0.2) is 48.3 Å². The molecule has 0 aromatic heterocycles. The van der Waals surface area contributed by atoms with Crippen LogP contribution in [0.1, 0.15) is 56.8 Å². The number of benzene rings is 2. The Labute approximate surface area is 217 Å². The molecule has 2 aliphatic rings. The highest BCUT2D eigenvalue weighted by atomic mass is 35.5. The average Bonchev–Trinajstić information content (AvgIpc) is 3.05. The molecule has 12 heteroatoms. The molecular weight excluding hydrogens is 533 g/mol. The molecule has 2 aromatic carbocycles. The van der Waals surface area contributed by atoms with Crippen molar-refractivity contribution in [3.63, 3.8) is 0 Å². The molecule has 2 heterocycles. The van der Waals surface area contributed by atoms with Gasteiger partial charge in [-0.1, -0.05) is 11.6 Å². The molecular formula is C25H26ClF3N2O5S. The van der Waals surface area contributed by atoms with Crippen LogP contribution < -0.4 is 5.32 Å². The fraction of sp³-hybridized carbons (Fsp3) is 0.440. The summed E-state index contributed by atoms with van der Waals surface area (Å²) in [4.78, 5) is 26.8. The van der Waals surface area contributed by atoms with Gasteiger partial charge in [-0.15, -0.1) is 0 Å². The minimum Gasteiger partial charge on any atom is -0.444 e. The summed E-state index contributed by atoms with van der Waals surface area (Å²) in [5.74, 6) is -5.51. The molecule has 0 radical (unpaired) electrons. The van der Waals surface area contributed by atoms with Gasteiger partial charge in [0.05, 0.1) is 15.2 Å². The predicted molar refractivity (Wildman–Crippen MR) is 131 cm³/mol. The Morgan fingerprint density at radius 3 is 2.14 bits per heavy atom. The van der Waals surface area contributed by atoms with Crippen LogP contribution in [0.4, 0.5) is 23.7 Å². The van der Waals surface area contributed by atoms with Crippen LogP contribution in [0.3, 0.4) is 0 Å². The number of rotatable bonds is 4. The van der Waals surface area contributed by atoms with Gasteiger partial charge in [0.1, 0.15) is 5.60 Å². The number of anilines is 1. The first-order valence-electron chi connectivity index (χ1n) is 11.7. The molecule has 7 nitrogen and oxygen atoms in total. The zero-order chi connectivity index (χ0) is 27.3. The Hall–Kier alpha value is -2.79. The van der Waals surface area contributed by atoms with E-state index in [2.05, 4.69) is 5.32 Å². The lowest BCUT2D eigenvalue weighted by atomic mass is 10.0. The van der Waals surface area contributed by atoms with E-state index in [1.807, 2.05) is 0 Å². The monoisotopic (exact) mass is 558 g/mol. The Morgan fingerprint density at radius 2 is 1.59 bits per heavy atom. The highest BCUT2D eigenvalue weighted by Gasteiger charge is 2.48. The number of fused-ring (bicyclic) bond motifs is 2. The third kappa shape index (κ3) is 5.57. The molecule has 1 N–H and O–H groups in total. The zero-order valence-corrected chi connectivity index (χ0v) is 21.9. The van der Waals surface area contributed by atoms with Crippen molar-refractivity contribution >= 4 is 39.1 Å². The SMILES string of the molecule is CC(C)(C)OC(=O)N1C2CC[C@H]1C[C@@H](S(=O)(=O)c1cc(C(=O)Nc3cc(F)c(F)c(F)c3)ccc1Cl)C2. The number of hydrogen-bond acceptors (Lipinski definition) is 5. The van der Waals surface area contributed by atoms with E-state index >= 15 is 0 Å². The van der Waals surface area contributed by atoms with E-state index < -0.39 is 50.1 Å². The molecule has 37 heavy (non-hydrogen) atoms. The highest BCUT2D eigenvalue weighted by molar-refractivity contribution is 7.92. The minimum atomic E-state index is -4.01. The lowest BCUT2D eigenvalue weighted by Gasteiger charge is -2.39. The van der Waals surface area contributed by atoms with Gasteiger partial charge >= 0.3 is 6.09 Å². The van der Waals surface area contributed by atoms with Gasteiger partial charge in [0.25, 0.3) is 5.91 Å². The van der Waals surface area contributed by atoms with Crippen molar-refractivity contribution in [1.29, 1.82) is 0 Å². The molecule has 2 aromatic rings. The number of carbonyl (C=O) groups is 2. The van der Waals surface area contributed by atoms with Crippen LogP contribution in [-0.2, 0) is 14.6 Å². The maximum atomic E-state index is 13.6. The fourth-order valence-corrected chi connectivity index (χ4v) is 7.25. The third-order valence-electron chi connectivity index (χ3n) is 6.47. The second-order valence-corrected chi connectivity index (χ2v) is 12.9. The van der Waals surface area contributed by atoms with Crippen molar-refractivity contribution in [1.82, 2.24) is 4.90 Å². The Kier molecular flexibility index (Phi) is 7.24. The largest absolute Gasteiger partial charge is 0.444 e. The summed E-state index contributed by atoms with van der Waals surface area (Å²) in [6, 6.07) is 4.23. The summed E-state index contributed by atoms with van der Waals surface area (Å²) >= 11 is 6.23.